The topological polar surface area (TPSA) is 9.72 Å². The predicted molar refractivity (Wildman–Crippen MR) is 313 cm³/mol. The standard InChI is InChI=1S/C69H76BN3/c1-63(2,3)47-30-33-56(51(40-47)45-24-15-13-16-25-45)71-58-35-32-49(65(7,8)9)42-55(58)70-54-29-23-28-52-62(54)73(67(11)37-20-19-36-66(52,67)10)60-44-50(43-59(71)61(60)70)72-57-34-31-48(64(4,5)6)41-53(57)69(46-26-17-14-18-27-46)39-22-21-38-68(69,72)12/h13-18,23-35,40-44H,19-22,36-39H2,1-12H3. The Labute approximate surface area is 438 Å². The summed E-state index contributed by atoms with van der Waals surface area (Å²) in [6, 6.07) is 58.3. The Morgan fingerprint density at radius 2 is 1.01 bits per heavy atom. The molecule has 0 amide bonds. The lowest BCUT2D eigenvalue weighted by Gasteiger charge is -2.54. The highest BCUT2D eigenvalue weighted by atomic mass is 15.3. The van der Waals surface area contributed by atoms with Gasteiger partial charge in [-0.3, -0.25) is 0 Å². The zero-order valence-corrected chi connectivity index (χ0v) is 45.9. The Bertz CT molecular complexity index is 3390. The van der Waals surface area contributed by atoms with Crippen molar-refractivity contribution in [2.45, 2.75) is 173 Å². The second kappa shape index (κ2) is 15.5. The van der Waals surface area contributed by atoms with Gasteiger partial charge < -0.3 is 14.7 Å². The van der Waals surface area contributed by atoms with Gasteiger partial charge in [0.2, 0.25) is 0 Å². The van der Waals surface area contributed by atoms with E-state index in [0.29, 0.717) is 0 Å². The minimum absolute atomic E-state index is 0.00737. The molecule has 0 saturated heterocycles. The van der Waals surface area contributed by atoms with Gasteiger partial charge in [-0.1, -0.05) is 204 Å². The summed E-state index contributed by atoms with van der Waals surface area (Å²) in [6.45, 7) is 29.3. The van der Waals surface area contributed by atoms with Gasteiger partial charge in [-0.15, -0.1) is 0 Å². The Morgan fingerprint density at radius 1 is 0.438 bits per heavy atom. The maximum atomic E-state index is 2.95. The third-order valence-corrected chi connectivity index (χ3v) is 20.0. The lowest BCUT2D eigenvalue weighted by molar-refractivity contribution is 0.195. The zero-order valence-electron chi connectivity index (χ0n) is 45.9. The number of para-hydroxylation sites is 1. The number of hydrogen-bond acceptors (Lipinski definition) is 3. The van der Waals surface area contributed by atoms with Gasteiger partial charge in [0.05, 0.1) is 16.8 Å². The third-order valence-electron chi connectivity index (χ3n) is 20.0. The van der Waals surface area contributed by atoms with Crippen LogP contribution in [-0.2, 0) is 27.1 Å². The second-order valence-corrected chi connectivity index (χ2v) is 27.0. The van der Waals surface area contributed by atoms with Crippen LogP contribution in [0.25, 0.3) is 11.1 Å². The van der Waals surface area contributed by atoms with E-state index in [1.54, 1.807) is 5.56 Å². The van der Waals surface area contributed by atoms with Crippen LogP contribution in [0.2, 0.25) is 0 Å². The first kappa shape index (κ1) is 46.8. The van der Waals surface area contributed by atoms with Crippen LogP contribution in [0, 0.1) is 0 Å². The molecule has 4 atom stereocenters. The van der Waals surface area contributed by atoms with Crippen LogP contribution < -0.4 is 31.1 Å². The molecule has 73 heavy (non-hydrogen) atoms. The molecule has 6 aliphatic rings. The van der Waals surface area contributed by atoms with Crippen LogP contribution in [0.15, 0.2) is 146 Å². The Kier molecular flexibility index (Phi) is 9.95. The number of fused-ring (bicyclic) bond motifs is 10. The minimum Gasteiger partial charge on any atom is -0.335 e. The van der Waals surface area contributed by atoms with Crippen molar-refractivity contribution in [3.63, 3.8) is 0 Å². The van der Waals surface area contributed by atoms with Crippen molar-refractivity contribution in [3.8, 4) is 11.1 Å². The van der Waals surface area contributed by atoms with Crippen LogP contribution >= 0.6 is 0 Å². The van der Waals surface area contributed by atoms with E-state index < -0.39 is 0 Å². The Morgan fingerprint density at radius 3 is 1.70 bits per heavy atom. The van der Waals surface area contributed by atoms with Crippen molar-refractivity contribution in [1.29, 1.82) is 0 Å². The molecule has 4 unspecified atom stereocenters. The van der Waals surface area contributed by atoms with Crippen molar-refractivity contribution >= 4 is 62.9 Å². The average molecular weight is 958 g/mol. The highest BCUT2D eigenvalue weighted by Crippen LogP contribution is 2.66. The molecule has 7 aromatic rings. The minimum atomic E-state index is -0.236. The molecule has 2 aliphatic carbocycles. The molecule has 370 valence electrons. The molecule has 2 saturated carbocycles. The third kappa shape index (κ3) is 6.31. The maximum Gasteiger partial charge on any atom is 0.252 e. The molecule has 4 heteroatoms. The Hall–Kier alpha value is -6.00. The molecule has 0 bridgehead atoms. The first-order valence-electron chi connectivity index (χ1n) is 28.0. The first-order valence-corrected chi connectivity index (χ1v) is 28.0. The number of benzene rings is 7. The van der Waals surface area contributed by atoms with Crippen molar-refractivity contribution in [1.82, 2.24) is 0 Å². The molecule has 13 rings (SSSR count). The summed E-state index contributed by atoms with van der Waals surface area (Å²) in [4.78, 5) is 8.57. The summed E-state index contributed by atoms with van der Waals surface area (Å²) < 4.78 is 0. The molecule has 0 aromatic heterocycles. The van der Waals surface area contributed by atoms with E-state index in [4.69, 9.17) is 0 Å². The van der Waals surface area contributed by atoms with Crippen molar-refractivity contribution in [2.75, 3.05) is 14.7 Å². The van der Waals surface area contributed by atoms with E-state index in [0.717, 1.165) is 12.8 Å². The number of nitrogens with zero attached hydrogens (tertiary/aromatic N) is 3. The maximum absolute atomic E-state index is 2.95. The molecule has 2 fully saturated rings. The molecule has 4 heterocycles. The molecule has 0 radical (unpaired) electrons. The summed E-state index contributed by atoms with van der Waals surface area (Å²) in [5, 5.41) is 0. The smallest absolute Gasteiger partial charge is 0.252 e. The number of rotatable bonds is 4. The first-order chi connectivity index (χ1) is 34.7. The van der Waals surface area contributed by atoms with Gasteiger partial charge in [0.15, 0.2) is 0 Å². The van der Waals surface area contributed by atoms with Crippen molar-refractivity contribution in [2.24, 2.45) is 0 Å². The Balaban J connectivity index is 1.18. The van der Waals surface area contributed by atoms with Gasteiger partial charge in [0.25, 0.3) is 6.71 Å². The molecule has 3 nitrogen and oxygen atoms in total. The predicted octanol–water partition coefficient (Wildman–Crippen LogP) is 16.4. The molecular weight excluding hydrogens is 882 g/mol. The lowest BCUT2D eigenvalue weighted by Crippen LogP contribution is -2.64. The van der Waals surface area contributed by atoms with Gasteiger partial charge >= 0.3 is 0 Å². The zero-order chi connectivity index (χ0) is 50.8. The fourth-order valence-electron chi connectivity index (χ4n) is 15.8. The molecule has 4 aliphatic heterocycles. The quantitative estimate of drug-likeness (QED) is 0.163. The summed E-state index contributed by atoms with van der Waals surface area (Å²) in [5.74, 6) is 0. The summed E-state index contributed by atoms with van der Waals surface area (Å²) in [7, 11) is 0. The summed E-state index contributed by atoms with van der Waals surface area (Å²) in [6.07, 6.45) is 9.54. The van der Waals surface area contributed by atoms with Crippen molar-refractivity contribution in [3.05, 3.63) is 179 Å². The monoisotopic (exact) mass is 958 g/mol. The van der Waals surface area contributed by atoms with Crippen LogP contribution in [0.1, 0.15) is 168 Å². The number of anilines is 7. The van der Waals surface area contributed by atoms with Gasteiger partial charge in [0, 0.05) is 50.5 Å². The fourth-order valence-corrected chi connectivity index (χ4v) is 15.8. The van der Waals surface area contributed by atoms with E-state index in [2.05, 4.69) is 243 Å². The largest absolute Gasteiger partial charge is 0.335 e. The van der Waals surface area contributed by atoms with Crippen LogP contribution in [-0.4, -0.2) is 17.8 Å². The highest BCUT2D eigenvalue weighted by molar-refractivity contribution is 7.00. The van der Waals surface area contributed by atoms with E-state index in [-0.39, 0.29) is 44.9 Å². The van der Waals surface area contributed by atoms with E-state index in [9.17, 15) is 0 Å². The number of hydrogen-bond donors (Lipinski definition) is 0. The van der Waals surface area contributed by atoms with E-state index in [1.165, 1.54) is 134 Å². The normalized spacial score (nSPS) is 24.7. The lowest BCUT2D eigenvalue weighted by atomic mass is 9.33. The average Bonchev–Trinajstić information content (AvgIpc) is 3.74. The van der Waals surface area contributed by atoms with Gasteiger partial charge in [-0.05, 0) is 148 Å². The fraction of sp³-hybridized carbons (Fsp3) is 0.391. The SMILES string of the molecule is CC(C)(C)c1ccc2c(c1)B1c3cccc4c3N(c3cc(N5c6ccc(C(C)(C)C)cc6C6(c7ccccc7)CCCCC56C)cc(c31)N2c1ccc(C(C)(C)C)cc1-c1ccccc1)C1(C)CCCCC41C. The van der Waals surface area contributed by atoms with Crippen LogP contribution in [0.3, 0.4) is 0 Å². The van der Waals surface area contributed by atoms with Crippen LogP contribution in [0.5, 0.6) is 0 Å². The van der Waals surface area contributed by atoms with Crippen molar-refractivity contribution < 1.29 is 0 Å². The van der Waals surface area contributed by atoms with Gasteiger partial charge in [0.1, 0.15) is 0 Å². The molecule has 0 spiro atoms. The van der Waals surface area contributed by atoms with E-state index in [1.807, 2.05) is 0 Å². The molecule has 7 aromatic carbocycles. The summed E-state index contributed by atoms with van der Waals surface area (Å²) >= 11 is 0. The van der Waals surface area contributed by atoms with Gasteiger partial charge in [-0.2, -0.15) is 0 Å². The van der Waals surface area contributed by atoms with Crippen LogP contribution in [0.4, 0.5) is 39.8 Å². The summed E-state index contributed by atoms with van der Waals surface area (Å²) in [5.41, 5.74) is 24.3. The van der Waals surface area contributed by atoms with Gasteiger partial charge in [-0.25, -0.2) is 0 Å². The molecule has 0 N–H and O–H groups in total. The van der Waals surface area contributed by atoms with E-state index >= 15 is 0 Å². The molecular formula is C69H76BN3. The highest BCUT2D eigenvalue weighted by Gasteiger charge is 2.64. The second-order valence-electron chi connectivity index (χ2n) is 27.0.